The summed E-state index contributed by atoms with van der Waals surface area (Å²) in [7, 11) is 0. The van der Waals surface area contributed by atoms with Crippen molar-refractivity contribution in [3.63, 3.8) is 0 Å². The van der Waals surface area contributed by atoms with Gasteiger partial charge in [0, 0.05) is 22.7 Å². The number of nitro benzene ring substituents is 1. The zero-order chi connectivity index (χ0) is 13.8. The van der Waals surface area contributed by atoms with E-state index in [0.717, 1.165) is 6.42 Å². The standard InChI is InChI=1S/C14H18ClNO3/c1-10-4-2-3-5-14(10)19-9-11-8-12(16(17)18)6-7-13(11)15/h6-8,10,14H,2-5,9H2,1H3. The molecule has 2 unspecified atom stereocenters. The molecule has 0 bridgehead atoms. The lowest BCUT2D eigenvalue weighted by Gasteiger charge is -2.28. The van der Waals surface area contributed by atoms with E-state index < -0.39 is 4.92 Å². The number of nitrogens with zero attached hydrogens (tertiary/aromatic N) is 1. The number of hydrogen-bond acceptors (Lipinski definition) is 3. The monoisotopic (exact) mass is 283 g/mol. The van der Waals surface area contributed by atoms with Gasteiger partial charge in [-0.1, -0.05) is 31.4 Å². The predicted octanol–water partition coefficient (Wildman–Crippen LogP) is 4.34. The van der Waals surface area contributed by atoms with E-state index >= 15 is 0 Å². The van der Waals surface area contributed by atoms with Crippen LogP contribution >= 0.6 is 11.6 Å². The zero-order valence-corrected chi connectivity index (χ0v) is 11.7. The Labute approximate surface area is 117 Å². The molecule has 2 atom stereocenters. The highest BCUT2D eigenvalue weighted by Crippen LogP contribution is 2.29. The van der Waals surface area contributed by atoms with E-state index in [1.807, 2.05) is 0 Å². The Hall–Kier alpha value is -1.13. The summed E-state index contributed by atoms with van der Waals surface area (Å²) in [6.07, 6.45) is 4.95. The molecule has 0 aromatic heterocycles. The fourth-order valence-electron chi connectivity index (χ4n) is 2.51. The van der Waals surface area contributed by atoms with Gasteiger partial charge < -0.3 is 4.74 Å². The summed E-state index contributed by atoms with van der Waals surface area (Å²) in [5.74, 6) is 0.547. The summed E-state index contributed by atoms with van der Waals surface area (Å²) >= 11 is 6.05. The van der Waals surface area contributed by atoms with Gasteiger partial charge in [-0.25, -0.2) is 0 Å². The van der Waals surface area contributed by atoms with Crippen molar-refractivity contribution in [3.05, 3.63) is 38.9 Å². The summed E-state index contributed by atoms with van der Waals surface area (Å²) in [4.78, 5) is 10.3. The molecule has 19 heavy (non-hydrogen) atoms. The molecule has 1 aliphatic rings. The van der Waals surface area contributed by atoms with E-state index in [1.54, 1.807) is 6.07 Å². The Bertz CT molecular complexity index is 464. The summed E-state index contributed by atoms with van der Waals surface area (Å²) < 4.78 is 5.89. The van der Waals surface area contributed by atoms with E-state index in [2.05, 4.69) is 6.92 Å². The summed E-state index contributed by atoms with van der Waals surface area (Å²) in [5.41, 5.74) is 0.744. The number of ether oxygens (including phenoxy) is 1. The fraction of sp³-hybridized carbons (Fsp3) is 0.571. The van der Waals surface area contributed by atoms with Gasteiger partial charge in [0.25, 0.3) is 5.69 Å². The average molecular weight is 284 g/mol. The molecule has 0 spiro atoms. The second kappa shape index (κ2) is 6.35. The third-order valence-electron chi connectivity index (χ3n) is 3.73. The summed E-state index contributed by atoms with van der Waals surface area (Å²) in [6, 6.07) is 4.47. The topological polar surface area (TPSA) is 52.4 Å². The van der Waals surface area contributed by atoms with Gasteiger partial charge >= 0.3 is 0 Å². The Balaban J connectivity index is 2.02. The Morgan fingerprint density at radius 2 is 2.16 bits per heavy atom. The lowest BCUT2D eigenvalue weighted by Crippen LogP contribution is -2.25. The second-order valence-electron chi connectivity index (χ2n) is 5.14. The van der Waals surface area contributed by atoms with Crippen molar-refractivity contribution >= 4 is 17.3 Å². The van der Waals surface area contributed by atoms with Crippen LogP contribution in [0.3, 0.4) is 0 Å². The normalized spacial score (nSPS) is 23.3. The first-order valence-electron chi connectivity index (χ1n) is 6.62. The number of hydrogen-bond donors (Lipinski definition) is 0. The highest BCUT2D eigenvalue weighted by Gasteiger charge is 2.22. The van der Waals surface area contributed by atoms with Gasteiger partial charge in [0.05, 0.1) is 17.6 Å². The molecular weight excluding hydrogens is 266 g/mol. The van der Waals surface area contributed by atoms with Crippen LogP contribution in [0.5, 0.6) is 0 Å². The molecule has 0 aliphatic heterocycles. The smallest absolute Gasteiger partial charge is 0.269 e. The lowest BCUT2D eigenvalue weighted by molar-refractivity contribution is -0.385. The number of rotatable bonds is 4. The van der Waals surface area contributed by atoms with Gasteiger partial charge in [0.1, 0.15) is 0 Å². The first-order chi connectivity index (χ1) is 9.08. The van der Waals surface area contributed by atoms with Gasteiger partial charge in [-0.05, 0) is 24.8 Å². The van der Waals surface area contributed by atoms with Crippen molar-refractivity contribution in [1.82, 2.24) is 0 Å². The molecule has 5 heteroatoms. The maximum Gasteiger partial charge on any atom is 0.269 e. The molecule has 0 radical (unpaired) electrons. The van der Waals surface area contributed by atoms with Crippen LogP contribution in [0.25, 0.3) is 0 Å². The largest absolute Gasteiger partial charge is 0.373 e. The minimum Gasteiger partial charge on any atom is -0.373 e. The molecule has 0 N–H and O–H groups in total. The minimum absolute atomic E-state index is 0.0553. The van der Waals surface area contributed by atoms with Gasteiger partial charge in [0.2, 0.25) is 0 Å². The minimum atomic E-state index is -0.414. The molecule has 2 rings (SSSR count). The Morgan fingerprint density at radius 3 is 2.84 bits per heavy atom. The van der Waals surface area contributed by atoms with Crippen LogP contribution in [-0.4, -0.2) is 11.0 Å². The predicted molar refractivity (Wildman–Crippen MR) is 74.3 cm³/mol. The molecule has 0 heterocycles. The maximum atomic E-state index is 10.7. The zero-order valence-electron chi connectivity index (χ0n) is 11.0. The lowest BCUT2D eigenvalue weighted by atomic mass is 9.88. The van der Waals surface area contributed by atoms with Crippen molar-refractivity contribution in [3.8, 4) is 0 Å². The molecule has 1 aliphatic carbocycles. The van der Waals surface area contributed by atoms with Crippen molar-refractivity contribution < 1.29 is 9.66 Å². The first kappa shape index (κ1) is 14.3. The Morgan fingerprint density at radius 1 is 1.42 bits per heavy atom. The van der Waals surface area contributed by atoms with Crippen LogP contribution in [-0.2, 0) is 11.3 Å². The van der Waals surface area contributed by atoms with E-state index in [1.165, 1.54) is 31.4 Å². The number of non-ortho nitro benzene ring substituents is 1. The maximum absolute atomic E-state index is 10.7. The van der Waals surface area contributed by atoms with Crippen LogP contribution in [0.2, 0.25) is 5.02 Å². The second-order valence-corrected chi connectivity index (χ2v) is 5.55. The molecule has 1 aromatic rings. The summed E-state index contributed by atoms with van der Waals surface area (Å²) in [6.45, 7) is 2.54. The number of nitro groups is 1. The molecule has 4 nitrogen and oxygen atoms in total. The third-order valence-corrected chi connectivity index (χ3v) is 4.09. The molecule has 1 fully saturated rings. The fourth-order valence-corrected chi connectivity index (χ4v) is 2.68. The highest BCUT2D eigenvalue weighted by atomic mass is 35.5. The van der Waals surface area contributed by atoms with E-state index in [-0.39, 0.29) is 11.8 Å². The van der Waals surface area contributed by atoms with Gasteiger partial charge in [-0.3, -0.25) is 10.1 Å². The van der Waals surface area contributed by atoms with E-state index in [0.29, 0.717) is 23.1 Å². The van der Waals surface area contributed by atoms with Crippen LogP contribution in [0.15, 0.2) is 18.2 Å². The van der Waals surface area contributed by atoms with Crippen LogP contribution < -0.4 is 0 Å². The SMILES string of the molecule is CC1CCCCC1OCc1cc([N+](=O)[O-])ccc1Cl. The molecule has 1 aromatic carbocycles. The van der Waals surface area contributed by atoms with E-state index in [4.69, 9.17) is 16.3 Å². The van der Waals surface area contributed by atoms with E-state index in [9.17, 15) is 10.1 Å². The number of benzene rings is 1. The average Bonchev–Trinajstić information content (AvgIpc) is 2.39. The van der Waals surface area contributed by atoms with Crippen molar-refractivity contribution in [1.29, 1.82) is 0 Å². The van der Waals surface area contributed by atoms with Crippen LogP contribution in [0, 0.1) is 16.0 Å². The molecular formula is C14H18ClNO3. The van der Waals surface area contributed by atoms with Gasteiger partial charge in [-0.2, -0.15) is 0 Å². The quantitative estimate of drug-likeness (QED) is 0.610. The van der Waals surface area contributed by atoms with Crippen molar-refractivity contribution in [2.75, 3.05) is 0 Å². The molecule has 1 saturated carbocycles. The first-order valence-corrected chi connectivity index (χ1v) is 7.00. The Kier molecular flexibility index (Phi) is 4.77. The van der Waals surface area contributed by atoms with Gasteiger partial charge in [-0.15, -0.1) is 0 Å². The van der Waals surface area contributed by atoms with Crippen molar-refractivity contribution in [2.24, 2.45) is 5.92 Å². The summed E-state index contributed by atoms with van der Waals surface area (Å²) in [5, 5.41) is 11.3. The number of halogens is 1. The van der Waals surface area contributed by atoms with Gasteiger partial charge in [0.15, 0.2) is 0 Å². The molecule has 104 valence electrons. The van der Waals surface area contributed by atoms with Crippen molar-refractivity contribution in [2.45, 2.75) is 45.3 Å². The van der Waals surface area contributed by atoms with Crippen LogP contribution in [0.1, 0.15) is 38.2 Å². The molecule has 0 amide bonds. The molecule has 0 saturated heterocycles. The third kappa shape index (κ3) is 3.67. The highest BCUT2D eigenvalue weighted by molar-refractivity contribution is 6.31. The van der Waals surface area contributed by atoms with Crippen LogP contribution in [0.4, 0.5) is 5.69 Å².